The summed E-state index contributed by atoms with van der Waals surface area (Å²) in [6.07, 6.45) is 1.61. The molecule has 2 aromatic heterocycles. The number of aliphatic imine (C=N–C) groups is 1. The van der Waals surface area contributed by atoms with Gasteiger partial charge >= 0.3 is 0 Å². The van der Waals surface area contributed by atoms with Gasteiger partial charge in [-0.25, -0.2) is 27.1 Å². The second kappa shape index (κ2) is 6.34. The van der Waals surface area contributed by atoms with Gasteiger partial charge in [-0.2, -0.15) is 0 Å². The molecular weight excluding hydrogens is 407 g/mol. The van der Waals surface area contributed by atoms with Crippen LogP contribution in [0.3, 0.4) is 0 Å². The van der Waals surface area contributed by atoms with Gasteiger partial charge < -0.3 is 10.2 Å². The van der Waals surface area contributed by atoms with Gasteiger partial charge in [0, 0.05) is 29.8 Å². The van der Waals surface area contributed by atoms with E-state index in [2.05, 4.69) is 20.2 Å². The van der Waals surface area contributed by atoms with E-state index in [4.69, 9.17) is 10.2 Å². The fraction of sp³-hybridized carbons (Fsp3) is 0.250. The van der Waals surface area contributed by atoms with Gasteiger partial charge in [-0.3, -0.25) is 0 Å². The Morgan fingerprint density at radius 1 is 1.32 bits per heavy atom. The number of benzene rings is 1. The van der Waals surface area contributed by atoms with Crippen molar-refractivity contribution in [2.24, 2.45) is 10.7 Å². The van der Waals surface area contributed by atoms with E-state index >= 15 is 0 Å². The molecule has 0 radical (unpaired) electrons. The molecule has 2 N–H and O–H groups in total. The molecule has 1 aliphatic heterocycles. The number of aromatic nitrogens is 3. The number of nitrogens with zero attached hydrogens (tertiary/aromatic N) is 5. The standard InChI is InChI=1S/C16H15FN6O3S2/c1-16(8-28(24,25)23(2)15(18)20-16)10-7-9(3-4-11(10)17)12-21-22-13(26-12)14-19-5-6-27-14/h3-7H,8H2,1-2H3,(H2,18,20)/t16-/m0/s1. The van der Waals surface area contributed by atoms with E-state index in [0.717, 1.165) is 4.31 Å². The summed E-state index contributed by atoms with van der Waals surface area (Å²) >= 11 is 1.34. The molecule has 3 aromatic rings. The number of guanidine groups is 1. The fourth-order valence-corrected chi connectivity index (χ4v) is 4.92. The molecule has 0 saturated carbocycles. The second-order valence-electron chi connectivity index (χ2n) is 6.41. The van der Waals surface area contributed by atoms with E-state index in [0.29, 0.717) is 10.6 Å². The predicted molar refractivity (Wildman–Crippen MR) is 101 cm³/mol. The summed E-state index contributed by atoms with van der Waals surface area (Å²) in [5.74, 6) is -0.843. The Hall–Kier alpha value is -2.86. The maximum Gasteiger partial charge on any atom is 0.277 e. The summed E-state index contributed by atoms with van der Waals surface area (Å²) in [5.41, 5.74) is 4.85. The third-order valence-corrected chi connectivity index (χ3v) is 7.11. The minimum absolute atomic E-state index is 0.0682. The van der Waals surface area contributed by atoms with Gasteiger partial charge in [0.15, 0.2) is 5.01 Å². The van der Waals surface area contributed by atoms with Crippen molar-refractivity contribution in [2.75, 3.05) is 12.8 Å². The molecule has 146 valence electrons. The zero-order valence-electron chi connectivity index (χ0n) is 14.8. The van der Waals surface area contributed by atoms with Crippen molar-refractivity contribution in [2.45, 2.75) is 12.5 Å². The molecule has 3 heterocycles. The number of hydrogen-bond donors (Lipinski definition) is 1. The molecule has 4 rings (SSSR count). The van der Waals surface area contributed by atoms with Gasteiger partial charge in [-0.1, -0.05) is 0 Å². The molecule has 0 fully saturated rings. The van der Waals surface area contributed by atoms with E-state index in [-0.39, 0.29) is 23.3 Å². The van der Waals surface area contributed by atoms with Crippen molar-refractivity contribution in [3.05, 3.63) is 41.2 Å². The van der Waals surface area contributed by atoms with Crippen LogP contribution in [0.15, 0.2) is 39.2 Å². The van der Waals surface area contributed by atoms with Gasteiger partial charge in [0.1, 0.15) is 11.4 Å². The summed E-state index contributed by atoms with van der Waals surface area (Å²) in [6, 6.07) is 4.13. The Morgan fingerprint density at radius 3 is 2.75 bits per heavy atom. The van der Waals surface area contributed by atoms with Crippen molar-refractivity contribution in [1.82, 2.24) is 19.5 Å². The number of rotatable bonds is 3. The summed E-state index contributed by atoms with van der Waals surface area (Å²) < 4.78 is 45.9. The Balaban J connectivity index is 1.78. The van der Waals surface area contributed by atoms with Gasteiger partial charge in [-0.05, 0) is 25.1 Å². The van der Waals surface area contributed by atoms with E-state index < -0.39 is 27.1 Å². The van der Waals surface area contributed by atoms with Gasteiger partial charge in [0.05, 0.1) is 5.75 Å². The van der Waals surface area contributed by atoms with E-state index in [1.165, 1.54) is 43.5 Å². The maximum absolute atomic E-state index is 14.6. The Labute approximate surface area is 163 Å². The lowest BCUT2D eigenvalue weighted by molar-refractivity contribution is 0.458. The number of halogens is 1. The lowest BCUT2D eigenvalue weighted by atomic mass is 9.92. The monoisotopic (exact) mass is 422 g/mol. The lowest BCUT2D eigenvalue weighted by Gasteiger charge is -2.34. The highest BCUT2D eigenvalue weighted by molar-refractivity contribution is 7.89. The van der Waals surface area contributed by atoms with Crippen molar-refractivity contribution >= 4 is 27.3 Å². The molecule has 1 aliphatic rings. The van der Waals surface area contributed by atoms with Crippen molar-refractivity contribution in [1.29, 1.82) is 0 Å². The minimum atomic E-state index is -3.73. The highest BCUT2D eigenvalue weighted by Crippen LogP contribution is 2.36. The van der Waals surface area contributed by atoms with Crippen LogP contribution in [-0.2, 0) is 15.6 Å². The first-order valence-corrected chi connectivity index (χ1v) is 10.5. The predicted octanol–water partition coefficient (Wildman–Crippen LogP) is 1.80. The molecule has 9 nitrogen and oxygen atoms in total. The number of thiazole rings is 1. The van der Waals surface area contributed by atoms with Crippen molar-refractivity contribution < 1.29 is 17.2 Å². The molecule has 0 amide bonds. The average molecular weight is 422 g/mol. The SMILES string of the molecule is CN1C(N)=N[C@](C)(c2cc(-c3nnc(-c4nccs4)o3)ccc2F)CS1(=O)=O. The van der Waals surface area contributed by atoms with Crippen LogP contribution >= 0.6 is 11.3 Å². The van der Waals surface area contributed by atoms with Crippen LogP contribution in [0.5, 0.6) is 0 Å². The maximum atomic E-state index is 14.6. The van der Waals surface area contributed by atoms with Crippen LogP contribution < -0.4 is 5.73 Å². The summed E-state index contributed by atoms with van der Waals surface area (Å²) in [5, 5.41) is 10.3. The largest absolute Gasteiger partial charge is 0.414 e. The number of sulfonamides is 1. The molecule has 12 heteroatoms. The minimum Gasteiger partial charge on any atom is -0.414 e. The molecule has 0 unspecified atom stereocenters. The normalized spacial score (nSPS) is 21.5. The van der Waals surface area contributed by atoms with Crippen molar-refractivity contribution in [3.63, 3.8) is 0 Å². The van der Waals surface area contributed by atoms with Crippen LogP contribution in [0.4, 0.5) is 4.39 Å². The Kier molecular flexibility index (Phi) is 4.19. The van der Waals surface area contributed by atoms with E-state index in [9.17, 15) is 12.8 Å². The van der Waals surface area contributed by atoms with E-state index in [1.54, 1.807) is 11.6 Å². The smallest absolute Gasteiger partial charge is 0.277 e. The highest BCUT2D eigenvalue weighted by atomic mass is 32.2. The average Bonchev–Trinajstić information content (AvgIpc) is 3.31. The lowest BCUT2D eigenvalue weighted by Crippen LogP contribution is -2.50. The van der Waals surface area contributed by atoms with Crippen LogP contribution in [0.1, 0.15) is 12.5 Å². The Bertz CT molecular complexity index is 1170. The van der Waals surface area contributed by atoms with Crippen LogP contribution in [0, 0.1) is 5.82 Å². The molecule has 1 aromatic carbocycles. The van der Waals surface area contributed by atoms with Crippen LogP contribution in [0.2, 0.25) is 0 Å². The molecule has 1 atom stereocenters. The number of nitrogens with two attached hydrogens (primary N) is 1. The van der Waals surface area contributed by atoms with Gasteiger partial charge in [-0.15, -0.1) is 21.5 Å². The third-order valence-electron chi connectivity index (χ3n) is 4.40. The first kappa shape index (κ1) is 18.5. The Morgan fingerprint density at radius 2 is 2.07 bits per heavy atom. The topological polar surface area (TPSA) is 128 Å². The third kappa shape index (κ3) is 3.03. The zero-order chi connectivity index (χ0) is 20.1. The fourth-order valence-electron chi connectivity index (χ4n) is 2.91. The molecule has 0 saturated heterocycles. The second-order valence-corrected chi connectivity index (χ2v) is 9.31. The quantitative estimate of drug-likeness (QED) is 0.682. The van der Waals surface area contributed by atoms with Gasteiger partial charge in [0.2, 0.25) is 21.9 Å². The molecule has 28 heavy (non-hydrogen) atoms. The van der Waals surface area contributed by atoms with Crippen molar-refractivity contribution in [3.8, 4) is 22.4 Å². The van der Waals surface area contributed by atoms with Gasteiger partial charge in [0.25, 0.3) is 5.89 Å². The zero-order valence-corrected chi connectivity index (χ0v) is 16.5. The first-order valence-electron chi connectivity index (χ1n) is 8.05. The summed E-state index contributed by atoms with van der Waals surface area (Å²) in [4.78, 5) is 8.33. The highest BCUT2D eigenvalue weighted by Gasteiger charge is 2.41. The van der Waals surface area contributed by atoms with Crippen LogP contribution in [0.25, 0.3) is 22.4 Å². The molecular formula is C16H15FN6O3S2. The summed E-state index contributed by atoms with van der Waals surface area (Å²) in [6.45, 7) is 1.52. The number of hydrogen-bond acceptors (Lipinski definition) is 9. The first-order chi connectivity index (χ1) is 13.2. The summed E-state index contributed by atoms with van der Waals surface area (Å²) in [7, 11) is -2.43. The molecule has 0 spiro atoms. The van der Waals surface area contributed by atoms with Crippen LogP contribution in [-0.4, -0.2) is 46.7 Å². The van der Waals surface area contributed by atoms with E-state index in [1.807, 2.05) is 0 Å². The molecule has 0 aliphatic carbocycles. The molecule has 0 bridgehead atoms.